The first-order valence-corrected chi connectivity index (χ1v) is 7.61. The number of rotatable bonds is 5. The first-order valence-electron chi connectivity index (χ1n) is 5.25. The predicted molar refractivity (Wildman–Crippen MR) is 69.9 cm³/mol. The zero-order valence-electron chi connectivity index (χ0n) is 9.92. The van der Waals surface area contributed by atoms with Gasteiger partial charge in [-0.15, -0.1) is 10.2 Å². The summed E-state index contributed by atoms with van der Waals surface area (Å²) in [7, 11) is -2.28. The number of anilines is 1. The van der Waals surface area contributed by atoms with Gasteiger partial charge in [-0.3, -0.25) is 4.72 Å². The number of hydrogen-bond acceptors (Lipinski definition) is 6. The van der Waals surface area contributed by atoms with Gasteiger partial charge < -0.3 is 5.32 Å². The maximum absolute atomic E-state index is 13.7. The van der Waals surface area contributed by atoms with Gasteiger partial charge in [-0.2, -0.15) is 0 Å². The molecule has 6 nitrogen and oxygen atoms in total. The lowest BCUT2D eigenvalue weighted by molar-refractivity contribution is 0.569. The Kier molecular flexibility index (Phi) is 4.08. The van der Waals surface area contributed by atoms with E-state index in [2.05, 4.69) is 20.2 Å². The summed E-state index contributed by atoms with van der Waals surface area (Å²) in [6.45, 7) is 0.446. The van der Waals surface area contributed by atoms with Crippen LogP contribution in [0.25, 0.3) is 0 Å². The third-order valence-electron chi connectivity index (χ3n) is 2.25. The van der Waals surface area contributed by atoms with Gasteiger partial charge in [0.25, 0.3) is 10.0 Å². The van der Waals surface area contributed by atoms with Crippen molar-refractivity contribution in [3.8, 4) is 0 Å². The SMILES string of the molecule is CNCc1ccc(F)c(S(=O)(=O)Nc2nncs2)c1. The van der Waals surface area contributed by atoms with Gasteiger partial charge in [0.15, 0.2) is 0 Å². The first-order chi connectivity index (χ1) is 9.03. The summed E-state index contributed by atoms with van der Waals surface area (Å²) in [6, 6.07) is 3.94. The second kappa shape index (κ2) is 5.59. The predicted octanol–water partition coefficient (Wildman–Crippen LogP) is 1.20. The number of sulfonamides is 1. The fraction of sp³-hybridized carbons (Fsp3) is 0.200. The molecule has 0 amide bonds. The number of nitrogens with zero attached hydrogens (tertiary/aromatic N) is 2. The minimum absolute atomic E-state index is 0.0958. The normalized spacial score (nSPS) is 11.5. The number of benzene rings is 1. The standard InChI is InChI=1S/C10H11FN4O2S2/c1-12-5-7-2-3-8(11)9(4-7)19(16,17)15-10-14-13-6-18-10/h2-4,6,12H,5H2,1H3,(H,14,15). The van der Waals surface area contributed by atoms with Crippen LogP contribution < -0.4 is 10.0 Å². The molecule has 1 aromatic carbocycles. The topological polar surface area (TPSA) is 84.0 Å². The second-order valence-electron chi connectivity index (χ2n) is 3.64. The zero-order chi connectivity index (χ0) is 13.9. The van der Waals surface area contributed by atoms with E-state index in [-0.39, 0.29) is 5.13 Å². The molecular weight excluding hydrogens is 291 g/mol. The van der Waals surface area contributed by atoms with E-state index in [4.69, 9.17) is 0 Å². The number of hydrogen-bond donors (Lipinski definition) is 2. The van der Waals surface area contributed by atoms with Crippen molar-refractivity contribution < 1.29 is 12.8 Å². The van der Waals surface area contributed by atoms with Gasteiger partial charge in [0.2, 0.25) is 5.13 Å². The molecule has 0 aliphatic heterocycles. The zero-order valence-corrected chi connectivity index (χ0v) is 11.6. The van der Waals surface area contributed by atoms with Crippen LogP contribution >= 0.6 is 11.3 Å². The lowest BCUT2D eigenvalue weighted by Gasteiger charge is -2.08. The molecule has 1 heterocycles. The number of halogens is 1. The summed E-state index contributed by atoms with van der Waals surface area (Å²) >= 11 is 1.02. The van der Waals surface area contributed by atoms with Crippen LogP contribution in [-0.2, 0) is 16.6 Å². The Morgan fingerprint density at radius 2 is 2.21 bits per heavy atom. The van der Waals surface area contributed by atoms with Crippen molar-refractivity contribution in [3.05, 3.63) is 35.1 Å². The van der Waals surface area contributed by atoms with Crippen LogP contribution in [0, 0.1) is 5.82 Å². The Balaban J connectivity index is 2.36. The van der Waals surface area contributed by atoms with Gasteiger partial charge in [-0.05, 0) is 24.7 Å². The van der Waals surface area contributed by atoms with Crippen molar-refractivity contribution in [1.82, 2.24) is 15.5 Å². The van der Waals surface area contributed by atoms with E-state index in [1.165, 1.54) is 17.6 Å². The molecule has 0 fully saturated rings. The molecule has 1 aromatic heterocycles. The van der Waals surface area contributed by atoms with E-state index in [1.807, 2.05) is 0 Å². The van der Waals surface area contributed by atoms with Gasteiger partial charge in [0.1, 0.15) is 16.2 Å². The van der Waals surface area contributed by atoms with E-state index < -0.39 is 20.7 Å². The van der Waals surface area contributed by atoms with Crippen molar-refractivity contribution in [3.63, 3.8) is 0 Å². The van der Waals surface area contributed by atoms with E-state index in [9.17, 15) is 12.8 Å². The van der Waals surface area contributed by atoms with Gasteiger partial charge in [0, 0.05) is 6.54 Å². The monoisotopic (exact) mass is 302 g/mol. The van der Waals surface area contributed by atoms with E-state index in [1.54, 1.807) is 7.05 Å². The average molecular weight is 302 g/mol. The molecule has 19 heavy (non-hydrogen) atoms. The molecule has 0 saturated heterocycles. The van der Waals surface area contributed by atoms with Crippen LogP contribution in [-0.4, -0.2) is 25.7 Å². The summed E-state index contributed by atoms with van der Waals surface area (Å²) < 4.78 is 39.9. The molecular formula is C10H11FN4O2S2. The van der Waals surface area contributed by atoms with Crippen molar-refractivity contribution in [1.29, 1.82) is 0 Å². The molecule has 0 unspecified atom stereocenters. The minimum Gasteiger partial charge on any atom is -0.316 e. The third-order valence-corrected chi connectivity index (χ3v) is 4.34. The van der Waals surface area contributed by atoms with Crippen LogP contribution in [0.3, 0.4) is 0 Å². The highest BCUT2D eigenvalue weighted by Gasteiger charge is 2.20. The van der Waals surface area contributed by atoms with Crippen LogP contribution in [0.4, 0.5) is 9.52 Å². The van der Waals surface area contributed by atoms with Crippen molar-refractivity contribution in [2.75, 3.05) is 11.8 Å². The quantitative estimate of drug-likeness (QED) is 0.867. The molecule has 0 saturated carbocycles. The highest BCUT2D eigenvalue weighted by molar-refractivity contribution is 7.93. The Hall–Kier alpha value is -1.58. The summed E-state index contributed by atoms with van der Waals surface area (Å²) in [5.74, 6) is -0.808. The average Bonchev–Trinajstić information content (AvgIpc) is 2.84. The van der Waals surface area contributed by atoms with Gasteiger partial charge in [-0.25, -0.2) is 12.8 Å². The van der Waals surface area contributed by atoms with Crippen molar-refractivity contribution in [2.24, 2.45) is 0 Å². The fourth-order valence-electron chi connectivity index (χ4n) is 1.46. The van der Waals surface area contributed by atoms with Crippen LogP contribution in [0.5, 0.6) is 0 Å². The highest BCUT2D eigenvalue weighted by atomic mass is 32.2. The largest absolute Gasteiger partial charge is 0.316 e. The Morgan fingerprint density at radius 1 is 1.42 bits per heavy atom. The summed E-state index contributed by atoms with van der Waals surface area (Å²) in [5.41, 5.74) is 2.05. The lowest BCUT2D eigenvalue weighted by Crippen LogP contribution is -2.15. The third kappa shape index (κ3) is 3.25. The Labute approximate surface area is 113 Å². The lowest BCUT2D eigenvalue weighted by atomic mass is 10.2. The molecule has 0 spiro atoms. The molecule has 0 aliphatic carbocycles. The fourth-order valence-corrected chi connectivity index (χ4v) is 3.28. The van der Waals surface area contributed by atoms with Gasteiger partial charge >= 0.3 is 0 Å². The number of aromatic nitrogens is 2. The number of nitrogens with one attached hydrogen (secondary N) is 2. The van der Waals surface area contributed by atoms with E-state index in [0.29, 0.717) is 12.1 Å². The van der Waals surface area contributed by atoms with Crippen LogP contribution in [0.1, 0.15) is 5.56 Å². The summed E-state index contributed by atoms with van der Waals surface area (Å²) in [4.78, 5) is -0.407. The summed E-state index contributed by atoms with van der Waals surface area (Å²) in [5, 5.41) is 10.0. The first kappa shape index (κ1) is 13.8. The molecule has 0 atom stereocenters. The molecule has 9 heteroatoms. The maximum atomic E-state index is 13.7. The van der Waals surface area contributed by atoms with Gasteiger partial charge in [0.05, 0.1) is 0 Å². The van der Waals surface area contributed by atoms with Gasteiger partial charge in [-0.1, -0.05) is 17.4 Å². The highest BCUT2D eigenvalue weighted by Crippen LogP contribution is 2.20. The van der Waals surface area contributed by atoms with Crippen molar-refractivity contribution >= 4 is 26.5 Å². The van der Waals surface area contributed by atoms with Crippen molar-refractivity contribution in [2.45, 2.75) is 11.4 Å². The summed E-state index contributed by atoms with van der Waals surface area (Å²) in [6.07, 6.45) is 0. The Bertz CT molecular complexity index is 658. The smallest absolute Gasteiger partial charge is 0.266 e. The maximum Gasteiger partial charge on any atom is 0.266 e. The van der Waals surface area contributed by atoms with E-state index in [0.717, 1.165) is 17.4 Å². The minimum atomic E-state index is -4.00. The van der Waals surface area contributed by atoms with Crippen LogP contribution in [0.15, 0.2) is 28.6 Å². The van der Waals surface area contributed by atoms with Crippen LogP contribution in [0.2, 0.25) is 0 Å². The molecule has 2 aromatic rings. The molecule has 102 valence electrons. The second-order valence-corrected chi connectivity index (χ2v) is 6.13. The Morgan fingerprint density at radius 3 is 2.84 bits per heavy atom. The molecule has 0 aliphatic rings. The molecule has 0 bridgehead atoms. The molecule has 0 radical (unpaired) electrons. The van der Waals surface area contributed by atoms with E-state index >= 15 is 0 Å². The molecule has 2 N–H and O–H groups in total. The molecule has 2 rings (SSSR count).